The van der Waals surface area contributed by atoms with E-state index in [-0.39, 0.29) is 46.2 Å². The summed E-state index contributed by atoms with van der Waals surface area (Å²) in [6.07, 6.45) is 1.93. The number of hydrogen-bond acceptors (Lipinski definition) is 6. The Kier molecular flexibility index (Phi) is 6.77. The highest BCUT2D eigenvalue weighted by atomic mass is 35.5. The first-order valence-electron chi connectivity index (χ1n) is 11.8. The molecule has 3 N–H and O–H groups in total. The van der Waals surface area contributed by atoms with Gasteiger partial charge in [0.2, 0.25) is 5.91 Å². The Morgan fingerprint density at radius 2 is 2.00 bits per heavy atom. The molecule has 1 aromatic rings. The molecule has 0 unspecified atom stereocenters. The average Bonchev–Trinajstić information content (AvgIpc) is 3.31. The number of fused-ring (bicyclic) bond motifs is 1. The molecule has 34 heavy (non-hydrogen) atoms. The number of carbonyl (C=O) groups excluding carboxylic acids is 2. The number of β-lactam (4-membered cyclic amide) rings is 1. The highest BCUT2D eigenvalue weighted by Crippen LogP contribution is 2.47. The Hall–Kier alpha value is -2.42. The van der Waals surface area contributed by atoms with Crippen LogP contribution in [0.25, 0.3) is 0 Å². The second kappa shape index (κ2) is 9.32. The largest absolute Gasteiger partial charge is 0.508 e. The second-order valence-corrected chi connectivity index (χ2v) is 10.1. The number of rotatable bonds is 8. The van der Waals surface area contributed by atoms with Crippen molar-refractivity contribution in [3.05, 3.63) is 39.6 Å². The van der Waals surface area contributed by atoms with E-state index in [0.717, 1.165) is 19.4 Å². The fraction of sp³-hybridized carbons (Fsp3) is 0.560. The van der Waals surface area contributed by atoms with Gasteiger partial charge in [-0.1, -0.05) is 18.5 Å². The van der Waals surface area contributed by atoms with E-state index in [1.807, 2.05) is 6.92 Å². The summed E-state index contributed by atoms with van der Waals surface area (Å²) < 4.78 is 0. The van der Waals surface area contributed by atoms with E-state index in [1.54, 1.807) is 19.9 Å². The van der Waals surface area contributed by atoms with Crippen LogP contribution in [-0.4, -0.2) is 74.1 Å². The molecule has 0 aromatic heterocycles. The Morgan fingerprint density at radius 1 is 1.29 bits per heavy atom. The molecule has 3 heterocycles. The minimum atomic E-state index is -1.12. The fourth-order valence-electron chi connectivity index (χ4n) is 5.83. The third-order valence-corrected chi connectivity index (χ3v) is 8.24. The minimum absolute atomic E-state index is 0.0486. The summed E-state index contributed by atoms with van der Waals surface area (Å²) in [5, 5.41) is 30.0. The van der Waals surface area contributed by atoms with Crippen LogP contribution in [0.15, 0.2) is 23.4 Å². The van der Waals surface area contributed by atoms with Crippen molar-refractivity contribution in [3.63, 3.8) is 0 Å². The van der Waals surface area contributed by atoms with Gasteiger partial charge in [-0.05, 0) is 57.4 Å². The maximum Gasteiger partial charge on any atom is 0.352 e. The van der Waals surface area contributed by atoms with E-state index in [2.05, 4.69) is 4.90 Å². The molecule has 0 aliphatic carbocycles. The maximum atomic E-state index is 12.8. The van der Waals surface area contributed by atoms with Crippen LogP contribution in [0.3, 0.4) is 0 Å². The van der Waals surface area contributed by atoms with Gasteiger partial charge in [0.1, 0.15) is 11.4 Å². The molecule has 184 valence electrons. The van der Waals surface area contributed by atoms with E-state index < -0.39 is 18.0 Å². The van der Waals surface area contributed by atoms with E-state index in [1.165, 1.54) is 11.0 Å². The molecule has 0 bridgehead atoms. The second-order valence-electron chi connectivity index (χ2n) is 9.73. The van der Waals surface area contributed by atoms with Crippen LogP contribution in [0.4, 0.5) is 0 Å². The number of nitrogens with zero attached hydrogens (tertiary/aromatic N) is 2. The highest BCUT2D eigenvalue weighted by Gasteiger charge is 2.59. The van der Waals surface area contributed by atoms with Crippen molar-refractivity contribution >= 4 is 29.3 Å². The van der Waals surface area contributed by atoms with Gasteiger partial charge in [0, 0.05) is 36.1 Å². The molecule has 1 amide bonds. The summed E-state index contributed by atoms with van der Waals surface area (Å²) in [6.45, 7) is 6.38. The van der Waals surface area contributed by atoms with Gasteiger partial charge in [-0.15, -0.1) is 0 Å². The third-order valence-electron chi connectivity index (χ3n) is 7.75. The predicted octanol–water partition coefficient (Wildman–Crippen LogP) is 2.98. The van der Waals surface area contributed by atoms with Crippen LogP contribution in [0.1, 0.15) is 55.5 Å². The zero-order valence-corrected chi connectivity index (χ0v) is 20.4. The molecule has 0 radical (unpaired) electrons. The Bertz CT molecular complexity index is 1070. The number of halogens is 1. The lowest BCUT2D eigenvalue weighted by Gasteiger charge is -2.46. The minimum Gasteiger partial charge on any atom is -0.508 e. The van der Waals surface area contributed by atoms with Crippen molar-refractivity contribution in [2.24, 2.45) is 11.8 Å². The van der Waals surface area contributed by atoms with Crippen LogP contribution in [0, 0.1) is 18.8 Å². The van der Waals surface area contributed by atoms with Crippen LogP contribution < -0.4 is 0 Å². The number of carboxylic acids is 1. The molecular weight excluding hydrogens is 460 g/mol. The van der Waals surface area contributed by atoms with Gasteiger partial charge in [0.15, 0.2) is 5.78 Å². The van der Waals surface area contributed by atoms with Crippen LogP contribution in [0.5, 0.6) is 5.75 Å². The number of carbonyl (C=O) groups is 3. The number of phenolic OH excluding ortho intramolecular Hbond substituents is 1. The number of Topliss-reactive ketones (excluding diaryl/α,β-unsaturated/α-hetero) is 1. The topological polar surface area (TPSA) is 118 Å². The molecule has 2 saturated heterocycles. The number of benzene rings is 1. The van der Waals surface area contributed by atoms with Gasteiger partial charge >= 0.3 is 5.97 Å². The van der Waals surface area contributed by atoms with Gasteiger partial charge in [-0.3, -0.25) is 14.5 Å². The lowest BCUT2D eigenvalue weighted by Crippen LogP contribution is -2.63. The van der Waals surface area contributed by atoms with Crippen LogP contribution >= 0.6 is 11.6 Å². The van der Waals surface area contributed by atoms with Gasteiger partial charge < -0.3 is 20.2 Å². The van der Waals surface area contributed by atoms with Crippen molar-refractivity contribution in [2.75, 3.05) is 13.1 Å². The molecule has 5 atom stereocenters. The van der Waals surface area contributed by atoms with E-state index >= 15 is 0 Å². The first-order chi connectivity index (χ1) is 16.0. The number of ketones is 1. The monoisotopic (exact) mass is 490 g/mol. The highest BCUT2D eigenvalue weighted by molar-refractivity contribution is 6.34. The molecule has 0 saturated carbocycles. The summed E-state index contributed by atoms with van der Waals surface area (Å²) in [7, 11) is 0. The van der Waals surface area contributed by atoms with Crippen molar-refractivity contribution in [2.45, 2.75) is 64.6 Å². The number of carboxylic acid groups (broad SMARTS) is 1. The summed E-state index contributed by atoms with van der Waals surface area (Å²) in [5.41, 5.74) is 1.64. The number of aliphatic carboxylic acids is 1. The number of amides is 1. The first-order valence-corrected chi connectivity index (χ1v) is 12.1. The number of aliphatic hydroxyl groups excluding tert-OH is 1. The SMILES string of the molecule is Cc1c(O)ccc(C(=O)CC[C@@H]2CCCN2CC2=C(C(=O)O)N3C(=O)[C@H]([C@@H](C)O)[C@H]3[C@H]2C)c1Cl. The Labute approximate surface area is 203 Å². The van der Waals surface area contributed by atoms with Gasteiger partial charge in [-0.2, -0.15) is 0 Å². The smallest absolute Gasteiger partial charge is 0.352 e. The molecule has 0 spiro atoms. The zero-order chi connectivity index (χ0) is 24.9. The first kappa shape index (κ1) is 24.7. The quantitative estimate of drug-likeness (QED) is 0.378. The van der Waals surface area contributed by atoms with E-state index in [4.69, 9.17) is 11.6 Å². The Morgan fingerprint density at radius 3 is 2.65 bits per heavy atom. The summed E-state index contributed by atoms with van der Waals surface area (Å²) in [5.74, 6) is -2.22. The number of hydrogen-bond donors (Lipinski definition) is 3. The molecule has 3 aliphatic heterocycles. The van der Waals surface area contributed by atoms with E-state index in [0.29, 0.717) is 36.1 Å². The lowest BCUT2D eigenvalue weighted by atomic mass is 9.77. The number of aromatic hydroxyl groups is 1. The van der Waals surface area contributed by atoms with Crippen molar-refractivity contribution < 1.29 is 29.7 Å². The molecule has 4 rings (SSSR count). The normalized spacial score (nSPS) is 27.7. The number of likely N-dealkylation sites (tertiary alicyclic amines) is 1. The third kappa shape index (κ3) is 4.01. The lowest BCUT2D eigenvalue weighted by molar-refractivity contribution is -0.163. The molecule has 2 fully saturated rings. The van der Waals surface area contributed by atoms with Crippen LogP contribution in [0.2, 0.25) is 5.02 Å². The molecule has 3 aliphatic rings. The summed E-state index contributed by atoms with van der Waals surface area (Å²) in [6, 6.07) is 2.82. The average molecular weight is 491 g/mol. The molecule has 9 heteroatoms. The predicted molar refractivity (Wildman–Crippen MR) is 126 cm³/mol. The summed E-state index contributed by atoms with van der Waals surface area (Å²) >= 11 is 6.27. The fourth-order valence-corrected chi connectivity index (χ4v) is 6.09. The van der Waals surface area contributed by atoms with Gasteiger partial charge in [-0.25, -0.2) is 4.79 Å². The number of phenols is 1. The van der Waals surface area contributed by atoms with Crippen LogP contribution in [-0.2, 0) is 9.59 Å². The standard InChI is InChI=1S/C25H31ClN2O6/c1-12-17(23(25(33)34)28-22(12)20(14(3)29)24(28)32)11-27-10-4-5-15(27)6-8-19(31)16-7-9-18(30)13(2)21(16)26/h7,9,12,14-15,20,22,29-30H,4-6,8,10-11H2,1-3H3,(H,33,34)/t12-,14+,15-,20+,22+/m0/s1. The molecule has 8 nitrogen and oxygen atoms in total. The molecular formula is C25H31ClN2O6. The van der Waals surface area contributed by atoms with Crippen molar-refractivity contribution in [1.29, 1.82) is 0 Å². The number of aliphatic hydroxyl groups is 1. The molecule has 1 aromatic carbocycles. The van der Waals surface area contributed by atoms with Gasteiger partial charge in [0.05, 0.1) is 23.1 Å². The van der Waals surface area contributed by atoms with Crippen molar-refractivity contribution in [3.8, 4) is 5.75 Å². The Balaban J connectivity index is 1.47. The maximum absolute atomic E-state index is 12.8. The zero-order valence-electron chi connectivity index (χ0n) is 19.6. The van der Waals surface area contributed by atoms with Gasteiger partial charge in [0.25, 0.3) is 0 Å². The summed E-state index contributed by atoms with van der Waals surface area (Å²) in [4.78, 5) is 41.0. The van der Waals surface area contributed by atoms with E-state index in [9.17, 15) is 29.7 Å². The van der Waals surface area contributed by atoms with Crippen molar-refractivity contribution in [1.82, 2.24) is 9.80 Å².